The number of hydrogen-bond donors (Lipinski definition) is 2. The SMILES string of the molecule is CN1C2=C(S(N)(=O)=O)C=C(NS(C)(=O)=O)C1C2. The molecule has 1 unspecified atom stereocenters. The van der Waals surface area contributed by atoms with Gasteiger partial charge >= 0.3 is 0 Å². The van der Waals surface area contributed by atoms with Crippen LogP contribution in [0.1, 0.15) is 6.42 Å². The quantitative estimate of drug-likeness (QED) is 0.663. The summed E-state index contributed by atoms with van der Waals surface area (Å²) in [6.07, 6.45) is 2.79. The first-order valence-electron chi connectivity index (χ1n) is 4.78. The molecule has 0 spiro atoms. The largest absolute Gasteiger partial charge is 0.368 e. The molecule has 9 heteroatoms. The van der Waals surface area contributed by atoms with Crippen LogP contribution in [0.5, 0.6) is 0 Å². The van der Waals surface area contributed by atoms with Crippen molar-refractivity contribution in [3.63, 3.8) is 0 Å². The van der Waals surface area contributed by atoms with Gasteiger partial charge < -0.3 is 4.90 Å². The smallest absolute Gasteiger partial charge is 0.239 e. The summed E-state index contributed by atoms with van der Waals surface area (Å²) in [7, 11) is -5.56. The molecule has 2 aliphatic heterocycles. The number of primary sulfonamides is 1. The van der Waals surface area contributed by atoms with Crippen molar-refractivity contribution in [1.29, 1.82) is 0 Å². The van der Waals surface area contributed by atoms with E-state index in [1.54, 1.807) is 11.9 Å². The molecule has 1 saturated heterocycles. The first-order valence-corrected chi connectivity index (χ1v) is 8.21. The van der Waals surface area contributed by atoms with Gasteiger partial charge in [-0.1, -0.05) is 0 Å². The first-order chi connectivity index (χ1) is 7.59. The lowest BCUT2D eigenvalue weighted by molar-refractivity contribution is 0.218. The first kappa shape index (κ1) is 12.4. The third-order valence-electron chi connectivity index (χ3n) is 2.82. The van der Waals surface area contributed by atoms with Gasteiger partial charge in [-0.2, -0.15) is 0 Å². The van der Waals surface area contributed by atoms with Crippen molar-refractivity contribution >= 4 is 20.0 Å². The highest BCUT2D eigenvalue weighted by molar-refractivity contribution is 7.93. The molecule has 0 aromatic heterocycles. The van der Waals surface area contributed by atoms with Crippen molar-refractivity contribution in [2.75, 3.05) is 13.3 Å². The Morgan fingerprint density at radius 1 is 1.41 bits per heavy atom. The van der Waals surface area contributed by atoms with Crippen LogP contribution < -0.4 is 9.86 Å². The lowest BCUT2D eigenvalue weighted by Crippen LogP contribution is -2.51. The number of likely N-dealkylation sites (N-methyl/N-ethyl adjacent to an activating group) is 1. The molecule has 1 fully saturated rings. The third-order valence-corrected chi connectivity index (χ3v) is 4.39. The molecule has 2 heterocycles. The van der Waals surface area contributed by atoms with E-state index in [0.717, 1.165) is 6.26 Å². The topological polar surface area (TPSA) is 110 Å². The maximum atomic E-state index is 11.3. The van der Waals surface area contributed by atoms with E-state index in [4.69, 9.17) is 5.14 Å². The Bertz CT molecular complexity index is 630. The summed E-state index contributed by atoms with van der Waals surface area (Å²) >= 11 is 0. The summed E-state index contributed by atoms with van der Waals surface area (Å²) in [5.41, 5.74) is 0.963. The molecule has 0 aromatic carbocycles. The maximum Gasteiger partial charge on any atom is 0.239 e. The zero-order chi connectivity index (χ0) is 13.0. The van der Waals surface area contributed by atoms with E-state index in [2.05, 4.69) is 4.72 Å². The van der Waals surface area contributed by atoms with Gasteiger partial charge in [-0.05, 0) is 6.08 Å². The fraction of sp³-hybridized carbons (Fsp3) is 0.500. The summed E-state index contributed by atoms with van der Waals surface area (Å²) in [5.74, 6) is 0. The number of fused-ring (bicyclic) bond motifs is 1. The molecule has 17 heavy (non-hydrogen) atoms. The van der Waals surface area contributed by atoms with Crippen LogP contribution in [0.4, 0.5) is 0 Å². The van der Waals surface area contributed by atoms with Gasteiger partial charge in [-0.3, -0.25) is 4.72 Å². The van der Waals surface area contributed by atoms with E-state index in [9.17, 15) is 16.8 Å². The van der Waals surface area contributed by atoms with Crippen molar-refractivity contribution in [3.8, 4) is 0 Å². The standard InChI is InChI=1S/C8H13N3O4S2/c1-11-6-4-7(11)8(17(9,14)15)3-5(6)10-16(2,12)13/h3,6,10H,4H2,1-2H3,(H2,9,14,15). The van der Waals surface area contributed by atoms with Crippen LogP contribution in [-0.4, -0.2) is 41.1 Å². The van der Waals surface area contributed by atoms with E-state index < -0.39 is 20.0 Å². The molecule has 7 nitrogen and oxygen atoms in total. The molecule has 1 atom stereocenters. The fourth-order valence-electron chi connectivity index (χ4n) is 2.01. The molecule has 0 aromatic rings. The molecule has 96 valence electrons. The predicted octanol–water partition coefficient (Wildman–Crippen LogP) is -1.36. The van der Waals surface area contributed by atoms with Gasteiger partial charge in [0.2, 0.25) is 20.0 Å². The Kier molecular flexibility index (Phi) is 2.53. The molecular weight excluding hydrogens is 266 g/mol. The van der Waals surface area contributed by atoms with Crippen LogP contribution in [0.2, 0.25) is 0 Å². The summed E-state index contributed by atoms with van der Waals surface area (Å²) in [5, 5.41) is 5.08. The van der Waals surface area contributed by atoms with E-state index in [1.165, 1.54) is 6.08 Å². The number of sulfonamides is 2. The molecule has 3 N–H and O–H groups in total. The lowest BCUT2D eigenvalue weighted by Gasteiger charge is -2.47. The number of nitrogens with zero attached hydrogens (tertiary/aromatic N) is 1. The van der Waals surface area contributed by atoms with Gasteiger partial charge in [0.15, 0.2) is 0 Å². The minimum atomic E-state index is -3.83. The maximum absolute atomic E-state index is 11.3. The molecule has 0 radical (unpaired) electrons. The Hall–Kier alpha value is -1.06. The van der Waals surface area contributed by atoms with Crippen molar-refractivity contribution in [2.24, 2.45) is 5.14 Å². The van der Waals surface area contributed by atoms with Gasteiger partial charge in [0.25, 0.3) is 0 Å². The summed E-state index contributed by atoms with van der Waals surface area (Å²) in [4.78, 5) is 1.68. The van der Waals surface area contributed by atoms with Crippen LogP contribution in [-0.2, 0) is 20.0 Å². The minimum Gasteiger partial charge on any atom is -0.368 e. The number of rotatable bonds is 3. The second kappa shape index (κ2) is 3.47. The molecule has 3 rings (SSSR count). The lowest BCUT2D eigenvalue weighted by atomic mass is 9.91. The second-order valence-corrected chi connectivity index (χ2v) is 7.44. The minimum absolute atomic E-state index is 0.0198. The van der Waals surface area contributed by atoms with E-state index in [1.807, 2.05) is 0 Å². The van der Waals surface area contributed by atoms with Crippen molar-refractivity contribution < 1.29 is 16.8 Å². The number of allylic oxidation sites excluding steroid dienone is 1. The Balaban J connectivity index is 2.45. The van der Waals surface area contributed by atoms with Gasteiger partial charge in [-0.15, -0.1) is 0 Å². The van der Waals surface area contributed by atoms with Crippen molar-refractivity contribution in [2.45, 2.75) is 12.5 Å². The Morgan fingerprint density at radius 2 is 2.00 bits per heavy atom. The van der Waals surface area contributed by atoms with Crippen LogP contribution in [0, 0.1) is 0 Å². The number of nitrogens with one attached hydrogen (secondary N) is 1. The summed E-state index contributed by atoms with van der Waals surface area (Å²) in [6, 6.07) is -0.120. The van der Waals surface area contributed by atoms with Gasteiger partial charge in [0.1, 0.15) is 4.91 Å². The van der Waals surface area contributed by atoms with E-state index in [-0.39, 0.29) is 10.9 Å². The molecule has 3 aliphatic rings. The Labute approximate surface area is 100 Å². The van der Waals surface area contributed by atoms with Gasteiger partial charge in [0, 0.05) is 24.9 Å². The zero-order valence-corrected chi connectivity index (χ0v) is 11.0. The highest BCUT2D eigenvalue weighted by Crippen LogP contribution is 2.40. The van der Waals surface area contributed by atoms with Gasteiger partial charge in [0.05, 0.1) is 12.3 Å². The van der Waals surface area contributed by atoms with Crippen LogP contribution in [0.15, 0.2) is 22.4 Å². The second-order valence-electron chi connectivity index (χ2n) is 4.16. The van der Waals surface area contributed by atoms with Crippen LogP contribution >= 0.6 is 0 Å². The molecule has 0 saturated carbocycles. The fourth-order valence-corrected chi connectivity index (χ4v) is 3.48. The third kappa shape index (κ3) is 2.17. The van der Waals surface area contributed by atoms with Crippen molar-refractivity contribution in [3.05, 3.63) is 22.4 Å². The van der Waals surface area contributed by atoms with Crippen molar-refractivity contribution in [1.82, 2.24) is 9.62 Å². The summed E-state index contributed by atoms with van der Waals surface area (Å²) in [6.45, 7) is 0. The normalized spacial score (nSPS) is 24.3. The average Bonchev–Trinajstić information content (AvgIpc) is 2.11. The molecule has 0 amide bonds. The highest BCUT2D eigenvalue weighted by atomic mass is 32.2. The predicted molar refractivity (Wildman–Crippen MR) is 62.4 cm³/mol. The molecular formula is C8H13N3O4S2. The average molecular weight is 279 g/mol. The van der Waals surface area contributed by atoms with Gasteiger partial charge in [-0.25, -0.2) is 22.0 Å². The van der Waals surface area contributed by atoms with E-state index >= 15 is 0 Å². The summed E-state index contributed by atoms with van der Waals surface area (Å²) < 4.78 is 47.3. The zero-order valence-electron chi connectivity index (χ0n) is 9.34. The highest BCUT2D eigenvalue weighted by Gasteiger charge is 2.41. The number of nitrogens with two attached hydrogens (primary N) is 1. The number of hydrogen-bond acceptors (Lipinski definition) is 5. The molecule has 1 aliphatic carbocycles. The van der Waals surface area contributed by atoms with Crippen LogP contribution in [0.3, 0.4) is 0 Å². The van der Waals surface area contributed by atoms with Crippen LogP contribution in [0.25, 0.3) is 0 Å². The van der Waals surface area contributed by atoms with E-state index in [0.29, 0.717) is 17.8 Å². The Morgan fingerprint density at radius 3 is 2.41 bits per heavy atom. The monoisotopic (exact) mass is 279 g/mol. The molecule has 2 bridgehead atoms.